The van der Waals surface area contributed by atoms with Crippen molar-refractivity contribution < 1.29 is 19.4 Å². The van der Waals surface area contributed by atoms with Gasteiger partial charge in [0.25, 0.3) is 0 Å². The zero-order valence-electron chi connectivity index (χ0n) is 14.0. The number of aliphatic hydroxyl groups is 1. The molecule has 3 unspecified atom stereocenters. The fourth-order valence-electron chi connectivity index (χ4n) is 3.13. The van der Waals surface area contributed by atoms with Gasteiger partial charge >= 0.3 is 0 Å². The van der Waals surface area contributed by atoms with Crippen molar-refractivity contribution in [2.45, 2.75) is 37.6 Å². The first-order valence-corrected chi connectivity index (χ1v) is 8.67. The molecule has 0 spiro atoms. The molecule has 0 aromatic heterocycles. The maximum atomic E-state index is 11.0. The van der Waals surface area contributed by atoms with Gasteiger partial charge in [-0.2, -0.15) is 0 Å². The van der Waals surface area contributed by atoms with E-state index in [1.165, 1.54) is 0 Å². The number of halogens is 1. The molecule has 2 aromatic rings. The van der Waals surface area contributed by atoms with Crippen molar-refractivity contribution in [2.24, 2.45) is 0 Å². The molecule has 0 aliphatic carbocycles. The second kappa shape index (κ2) is 8.00. The van der Waals surface area contributed by atoms with Gasteiger partial charge in [0.15, 0.2) is 0 Å². The smallest absolute Gasteiger partial charge is 0.148 e. The lowest BCUT2D eigenvalue weighted by atomic mass is 9.94. The highest BCUT2D eigenvalue weighted by Crippen LogP contribution is 2.33. The number of hydrogen-bond acceptors (Lipinski definition) is 4. The maximum Gasteiger partial charge on any atom is 0.148 e. The van der Waals surface area contributed by atoms with Crippen molar-refractivity contribution in [3.05, 3.63) is 64.2 Å². The average Bonchev–Trinajstić information content (AvgIpc) is 2.63. The van der Waals surface area contributed by atoms with E-state index in [1.807, 2.05) is 42.5 Å². The van der Waals surface area contributed by atoms with E-state index in [-0.39, 0.29) is 6.10 Å². The predicted molar refractivity (Wildman–Crippen MR) is 96.2 cm³/mol. The monoisotopic (exact) mass is 360 g/mol. The Bertz CT molecular complexity index is 729. The summed E-state index contributed by atoms with van der Waals surface area (Å²) in [5.74, 6) is 0.813. The van der Waals surface area contributed by atoms with Crippen LogP contribution in [-0.2, 0) is 16.0 Å². The van der Waals surface area contributed by atoms with E-state index < -0.39 is 12.2 Å². The van der Waals surface area contributed by atoms with Crippen LogP contribution in [-0.4, -0.2) is 30.7 Å². The summed E-state index contributed by atoms with van der Waals surface area (Å²) in [7, 11) is 1.64. The van der Waals surface area contributed by atoms with Crippen LogP contribution in [0, 0.1) is 0 Å². The van der Waals surface area contributed by atoms with Crippen LogP contribution in [0.25, 0.3) is 0 Å². The van der Waals surface area contributed by atoms with Gasteiger partial charge in [-0.1, -0.05) is 35.9 Å². The minimum Gasteiger partial charge on any atom is -0.497 e. The summed E-state index contributed by atoms with van der Waals surface area (Å²) in [4.78, 5) is 11.0. The summed E-state index contributed by atoms with van der Waals surface area (Å²) in [5, 5.41) is 10.7. The molecule has 1 N–H and O–H groups in total. The summed E-state index contributed by atoms with van der Waals surface area (Å²) >= 11 is 6.36. The van der Waals surface area contributed by atoms with E-state index in [9.17, 15) is 9.90 Å². The Labute approximate surface area is 152 Å². The molecule has 1 aliphatic heterocycles. The van der Waals surface area contributed by atoms with Crippen LogP contribution < -0.4 is 4.74 Å². The molecule has 3 atom stereocenters. The van der Waals surface area contributed by atoms with E-state index in [1.54, 1.807) is 7.11 Å². The van der Waals surface area contributed by atoms with E-state index >= 15 is 0 Å². The molecule has 0 radical (unpaired) electrons. The SMILES string of the molecule is COc1ccc(Cc2cc(C3CC(O)CC(C=O)O3)ccc2Cl)cc1. The molecule has 4 nitrogen and oxygen atoms in total. The molecule has 132 valence electrons. The van der Waals surface area contributed by atoms with Gasteiger partial charge in [0.2, 0.25) is 0 Å². The van der Waals surface area contributed by atoms with Crippen LogP contribution in [0.15, 0.2) is 42.5 Å². The highest BCUT2D eigenvalue weighted by molar-refractivity contribution is 6.31. The van der Waals surface area contributed by atoms with Crippen LogP contribution >= 0.6 is 11.6 Å². The number of benzene rings is 2. The highest BCUT2D eigenvalue weighted by Gasteiger charge is 2.29. The molecule has 0 amide bonds. The normalized spacial score (nSPS) is 23.2. The van der Waals surface area contributed by atoms with Gasteiger partial charge in [0.05, 0.1) is 19.3 Å². The largest absolute Gasteiger partial charge is 0.497 e. The third-order valence-electron chi connectivity index (χ3n) is 4.48. The van der Waals surface area contributed by atoms with Gasteiger partial charge in [-0.3, -0.25) is 0 Å². The standard InChI is InChI=1S/C20H21ClO4/c1-24-17-5-2-13(3-6-17)8-15-9-14(4-7-19(15)21)20-11-16(23)10-18(12-22)25-20/h2-7,9,12,16,18,20,23H,8,10-11H2,1H3. The molecule has 3 rings (SSSR count). The van der Waals surface area contributed by atoms with Crippen LogP contribution in [0.2, 0.25) is 5.02 Å². The van der Waals surface area contributed by atoms with E-state index in [0.29, 0.717) is 24.3 Å². The fraction of sp³-hybridized carbons (Fsp3) is 0.350. The molecule has 0 saturated carbocycles. The van der Waals surface area contributed by atoms with Gasteiger partial charge in [0, 0.05) is 17.9 Å². The van der Waals surface area contributed by atoms with Gasteiger partial charge in [-0.05, 0) is 41.3 Å². The second-order valence-electron chi connectivity index (χ2n) is 6.30. The first-order valence-electron chi connectivity index (χ1n) is 8.29. The number of methoxy groups -OCH3 is 1. The molecule has 0 bridgehead atoms. The Kier molecular flexibility index (Phi) is 5.74. The molecule has 1 aliphatic rings. The Hall–Kier alpha value is -1.88. The Balaban J connectivity index is 1.81. The van der Waals surface area contributed by atoms with Crippen LogP contribution in [0.5, 0.6) is 5.75 Å². The van der Waals surface area contributed by atoms with Crippen LogP contribution in [0.4, 0.5) is 0 Å². The van der Waals surface area contributed by atoms with Crippen LogP contribution in [0.3, 0.4) is 0 Å². The third kappa shape index (κ3) is 4.40. The predicted octanol–water partition coefficient (Wildman–Crippen LogP) is 3.72. The molecule has 1 saturated heterocycles. The van der Waals surface area contributed by atoms with Gasteiger partial charge in [-0.15, -0.1) is 0 Å². The first kappa shape index (κ1) is 17.9. The maximum absolute atomic E-state index is 11.0. The van der Waals surface area contributed by atoms with E-state index in [2.05, 4.69) is 0 Å². The van der Waals surface area contributed by atoms with Crippen LogP contribution in [0.1, 0.15) is 35.6 Å². The summed E-state index contributed by atoms with van der Waals surface area (Å²) in [6, 6.07) is 13.6. The Morgan fingerprint density at radius 2 is 2.00 bits per heavy atom. The quantitative estimate of drug-likeness (QED) is 0.826. The Morgan fingerprint density at radius 3 is 2.68 bits per heavy atom. The van der Waals surface area contributed by atoms with Crippen molar-refractivity contribution in [1.82, 2.24) is 0 Å². The van der Waals surface area contributed by atoms with E-state index in [0.717, 1.165) is 28.7 Å². The van der Waals surface area contributed by atoms with Crippen molar-refractivity contribution >= 4 is 17.9 Å². The highest BCUT2D eigenvalue weighted by atomic mass is 35.5. The fourth-order valence-corrected chi connectivity index (χ4v) is 3.31. The topological polar surface area (TPSA) is 55.8 Å². The molecule has 1 fully saturated rings. The van der Waals surface area contributed by atoms with Crippen molar-refractivity contribution in [2.75, 3.05) is 7.11 Å². The average molecular weight is 361 g/mol. The molecule has 2 aromatic carbocycles. The number of hydrogen-bond donors (Lipinski definition) is 1. The molecule has 25 heavy (non-hydrogen) atoms. The minimum atomic E-state index is -0.561. The molecular formula is C20H21ClO4. The summed E-state index contributed by atoms with van der Waals surface area (Å²) in [6.07, 6.45) is 0.877. The number of rotatable bonds is 5. The molecular weight excluding hydrogens is 340 g/mol. The minimum absolute atomic E-state index is 0.300. The lowest BCUT2D eigenvalue weighted by Crippen LogP contribution is -2.32. The van der Waals surface area contributed by atoms with Crippen molar-refractivity contribution in [1.29, 1.82) is 0 Å². The number of carbonyl (C=O) groups is 1. The van der Waals surface area contributed by atoms with Crippen molar-refractivity contribution in [3.8, 4) is 5.75 Å². The molecule has 1 heterocycles. The molecule has 5 heteroatoms. The zero-order valence-corrected chi connectivity index (χ0v) is 14.8. The summed E-state index contributed by atoms with van der Waals surface area (Å²) < 4.78 is 11.0. The summed E-state index contributed by atoms with van der Waals surface area (Å²) in [5.41, 5.74) is 3.03. The number of aliphatic hydroxyl groups excluding tert-OH is 1. The lowest BCUT2D eigenvalue weighted by molar-refractivity contribution is -0.135. The first-order chi connectivity index (χ1) is 12.1. The third-order valence-corrected chi connectivity index (χ3v) is 4.85. The van der Waals surface area contributed by atoms with E-state index in [4.69, 9.17) is 21.1 Å². The second-order valence-corrected chi connectivity index (χ2v) is 6.71. The number of ether oxygens (including phenoxy) is 2. The number of carbonyl (C=O) groups excluding carboxylic acids is 1. The van der Waals surface area contributed by atoms with Crippen molar-refractivity contribution in [3.63, 3.8) is 0 Å². The lowest BCUT2D eigenvalue weighted by Gasteiger charge is -2.31. The van der Waals surface area contributed by atoms with Gasteiger partial charge < -0.3 is 19.4 Å². The Morgan fingerprint density at radius 1 is 1.24 bits per heavy atom. The zero-order chi connectivity index (χ0) is 17.8. The van der Waals surface area contributed by atoms with Gasteiger partial charge in [-0.25, -0.2) is 0 Å². The number of aldehydes is 1. The van der Waals surface area contributed by atoms with Gasteiger partial charge in [0.1, 0.15) is 18.1 Å². The summed E-state index contributed by atoms with van der Waals surface area (Å²) in [6.45, 7) is 0.